The highest BCUT2D eigenvalue weighted by atomic mass is 16.5. The normalized spacial score (nSPS) is 28.1. The van der Waals surface area contributed by atoms with Gasteiger partial charge in [-0.2, -0.15) is 4.98 Å². The molecule has 1 aromatic carbocycles. The van der Waals surface area contributed by atoms with E-state index in [1.807, 2.05) is 25.1 Å². The van der Waals surface area contributed by atoms with E-state index in [2.05, 4.69) is 10.1 Å². The maximum absolute atomic E-state index is 5.85. The lowest BCUT2D eigenvalue weighted by Crippen LogP contribution is -2.09. The summed E-state index contributed by atoms with van der Waals surface area (Å²) in [5.74, 6) is 3.71. The number of nitrogens with zero attached hydrogens (tertiary/aromatic N) is 2. The maximum atomic E-state index is 5.85. The number of benzene rings is 1. The number of rotatable bonds is 2. The monoisotopic (exact) mass is 269 g/mol. The van der Waals surface area contributed by atoms with Gasteiger partial charge in [-0.15, -0.1) is 0 Å². The topological polar surface area (TPSA) is 64.9 Å². The molecule has 3 atom stereocenters. The molecule has 104 valence electrons. The summed E-state index contributed by atoms with van der Waals surface area (Å²) in [7, 11) is 0. The Morgan fingerprint density at radius 3 is 2.85 bits per heavy atom. The van der Waals surface area contributed by atoms with Gasteiger partial charge in [0.15, 0.2) is 5.82 Å². The van der Waals surface area contributed by atoms with Gasteiger partial charge in [0, 0.05) is 17.2 Å². The average Bonchev–Trinajstić information content (AvgIpc) is 3.16. The number of fused-ring (bicyclic) bond motifs is 2. The molecule has 2 N–H and O–H groups in total. The van der Waals surface area contributed by atoms with Crippen LogP contribution in [0.15, 0.2) is 22.7 Å². The van der Waals surface area contributed by atoms with Crippen molar-refractivity contribution in [2.24, 2.45) is 11.8 Å². The standard InChI is InChI=1S/C16H19N3O/c1-9-6-12(4-5-14(9)17)16-18-15(19-20-16)13-8-10-2-3-11(13)7-10/h4-6,10-11,13H,2-3,7-8,17H2,1H3. The predicted molar refractivity (Wildman–Crippen MR) is 77.1 cm³/mol. The van der Waals surface area contributed by atoms with Crippen molar-refractivity contribution in [3.05, 3.63) is 29.6 Å². The van der Waals surface area contributed by atoms with Crippen LogP contribution in [0.4, 0.5) is 5.69 Å². The van der Waals surface area contributed by atoms with Gasteiger partial charge in [0.05, 0.1) is 0 Å². The highest BCUT2D eigenvalue weighted by molar-refractivity contribution is 5.60. The van der Waals surface area contributed by atoms with Crippen LogP contribution in [0.3, 0.4) is 0 Å². The molecule has 2 aliphatic rings. The van der Waals surface area contributed by atoms with Crippen LogP contribution in [0.2, 0.25) is 0 Å². The molecule has 2 aromatic rings. The zero-order valence-electron chi connectivity index (χ0n) is 11.7. The summed E-state index contributed by atoms with van der Waals surface area (Å²) in [6, 6.07) is 5.85. The van der Waals surface area contributed by atoms with E-state index >= 15 is 0 Å². The highest BCUT2D eigenvalue weighted by Gasteiger charge is 2.42. The number of aromatic nitrogens is 2. The molecule has 2 bridgehead atoms. The summed E-state index contributed by atoms with van der Waals surface area (Å²) in [5, 5.41) is 4.23. The number of nitrogen functional groups attached to an aromatic ring is 1. The molecule has 3 unspecified atom stereocenters. The Morgan fingerprint density at radius 2 is 2.15 bits per heavy atom. The number of hydrogen-bond donors (Lipinski definition) is 1. The first-order chi connectivity index (χ1) is 9.70. The second-order valence-corrected chi connectivity index (χ2v) is 6.31. The van der Waals surface area contributed by atoms with E-state index in [0.29, 0.717) is 11.8 Å². The van der Waals surface area contributed by atoms with Crippen molar-refractivity contribution >= 4 is 5.69 Å². The Balaban J connectivity index is 1.63. The van der Waals surface area contributed by atoms with E-state index in [4.69, 9.17) is 10.3 Å². The Kier molecular flexibility index (Phi) is 2.59. The van der Waals surface area contributed by atoms with E-state index in [0.717, 1.165) is 34.5 Å². The van der Waals surface area contributed by atoms with E-state index in [-0.39, 0.29) is 0 Å². The molecule has 4 nitrogen and oxygen atoms in total. The first-order valence-electron chi connectivity index (χ1n) is 7.41. The molecule has 4 heteroatoms. The number of nitrogens with two attached hydrogens (primary N) is 1. The van der Waals surface area contributed by atoms with Gasteiger partial charge < -0.3 is 10.3 Å². The fraction of sp³-hybridized carbons (Fsp3) is 0.500. The van der Waals surface area contributed by atoms with Crippen molar-refractivity contribution < 1.29 is 4.52 Å². The molecule has 1 heterocycles. The second kappa shape index (κ2) is 4.33. The minimum atomic E-state index is 0.515. The number of aryl methyl sites for hydroxylation is 1. The highest BCUT2D eigenvalue weighted by Crippen LogP contribution is 2.52. The van der Waals surface area contributed by atoms with Crippen LogP contribution in [-0.4, -0.2) is 10.1 Å². The summed E-state index contributed by atoms with van der Waals surface area (Å²) >= 11 is 0. The third kappa shape index (κ3) is 1.82. The van der Waals surface area contributed by atoms with Crippen molar-refractivity contribution in [3.8, 4) is 11.5 Å². The SMILES string of the molecule is Cc1cc(-c2nc(C3CC4CCC3C4)no2)ccc1N. The zero-order chi connectivity index (χ0) is 13.7. The summed E-state index contributed by atoms with van der Waals surface area (Å²) in [6.45, 7) is 1.99. The summed E-state index contributed by atoms with van der Waals surface area (Å²) in [6.07, 6.45) is 5.32. The quantitative estimate of drug-likeness (QED) is 0.847. The third-order valence-corrected chi connectivity index (χ3v) is 5.03. The molecule has 0 radical (unpaired) electrons. The summed E-state index contributed by atoms with van der Waals surface area (Å²) in [5.41, 5.74) is 8.64. The van der Waals surface area contributed by atoms with Crippen LogP contribution < -0.4 is 5.73 Å². The van der Waals surface area contributed by atoms with Gasteiger partial charge >= 0.3 is 0 Å². The van der Waals surface area contributed by atoms with Crippen LogP contribution in [-0.2, 0) is 0 Å². The van der Waals surface area contributed by atoms with Crippen LogP contribution >= 0.6 is 0 Å². The molecule has 2 fully saturated rings. The van der Waals surface area contributed by atoms with Crippen LogP contribution in [0.5, 0.6) is 0 Å². The molecule has 0 aliphatic heterocycles. The van der Waals surface area contributed by atoms with E-state index in [9.17, 15) is 0 Å². The predicted octanol–water partition coefficient (Wildman–Crippen LogP) is 3.53. The summed E-state index contributed by atoms with van der Waals surface area (Å²) in [4.78, 5) is 4.63. The lowest BCUT2D eigenvalue weighted by molar-refractivity contribution is 0.372. The second-order valence-electron chi connectivity index (χ2n) is 6.31. The molecule has 4 rings (SSSR count). The zero-order valence-corrected chi connectivity index (χ0v) is 11.7. The average molecular weight is 269 g/mol. The smallest absolute Gasteiger partial charge is 0.257 e. The minimum Gasteiger partial charge on any atom is -0.399 e. The molecular formula is C16H19N3O. The van der Waals surface area contributed by atoms with Crippen molar-refractivity contribution in [1.29, 1.82) is 0 Å². The fourth-order valence-corrected chi connectivity index (χ4v) is 3.87. The molecule has 2 aliphatic carbocycles. The van der Waals surface area contributed by atoms with Gasteiger partial charge in [0.1, 0.15) is 0 Å². The van der Waals surface area contributed by atoms with Gasteiger partial charge in [0.25, 0.3) is 5.89 Å². The van der Waals surface area contributed by atoms with Gasteiger partial charge in [-0.05, 0) is 61.8 Å². The Labute approximate surface area is 118 Å². The molecule has 0 spiro atoms. The van der Waals surface area contributed by atoms with E-state index in [1.54, 1.807) is 0 Å². The molecule has 0 amide bonds. The Bertz CT molecular complexity index is 649. The molecular weight excluding hydrogens is 250 g/mol. The molecule has 2 saturated carbocycles. The number of hydrogen-bond acceptors (Lipinski definition) is 4. The largest absolute Gasteiger partial charge is 0.399 e. The van der Waals surface area contributed by atoms with Gasteiger partial charge in [-0.25, -0.2) is 0 Å². The van der Waals surface area contributed by atoms with Crippen molar-refractivity contribution in [2.45, 2.75) is 38.5 Å². The third-order valence-electron chi connectivity index (χ3n) is 5.03. The van der Waals surface area contributed by atoms with Gasteiger partial charge in [-0.1, -0.05) is 11.6 Å². The minimum absolute atomic E-state index is 0.515. The van der Waals surface area contributed by atoms with Crippen molar-refractivity contribution in [2.75, 3.05) is 5.73 Å². The van der Waals surface area contributed by atoms with Crippen molar-refractivity contribution in [1.82, 2.24) is 10.1 Å². The molecule has 20 heavy (non-hydrogen) atoms. The van der Waals surface area contributed by atoms with E-state index in [1.165, 1.54) is 25.7 Å². The van der Waals surface area contributed by atoms with E-state index < -0.39 is 0 Å². The van der Waals surface area contributed by atoms with Gasteiger partial charge in [-0.3, -0.25) is 0 Å². The summed E-state index contributed by atoms with van der Waals surface area (Å²) < 4.78 is 5.46. The van der Waals surface area contributed by atoms with Crippen LogP contribution in [0.1, 0.15) is 43.0 Å². The molecule has 0 saturated heterocycles. The Morgan fingerprint density at radius 1 is 1.25 bits per heavy atom. The number of anilines is 1. The molecule has 1 aromatic heterocycles. The van der Waals surface area contributed by atoms with Crippen LogP contribution in [0.25, 0.3) is 11.5 Å². The van der Waals surface area contributed by atoms with Gasteiger partial charge in [0.2, 0.25) is 0 Å². The lowest BCUT2D eigenvalue weighted by atomic mass is 9.88. The lowest BCUT2D eigenvalue weighted by Gasteiger charge is -2.17. The first kappa shape index (κ1) is 11.9. The Hall–Kier alpha value is -1.84. The fourth-order valence-electron chi connectivity index (χ4n) is 3.87. The van der Waals surface area contributed by atoms with Crippen molar-refractivity contribution in [3.63, 3.8) is 0 Å². The van der Waals surface area contributed by atoms with Crippen LogP contribution in [0, 0.1) is 18.8 Å². The maximum Gasteiger partial charge on any atom is 0.257 e. The first-order valence-corrected chi connectivity index (χ1v) is 7.41.